The molecular weight excluding hydrogens is 264 g/mol. The maximum atomic E-state index is 11.7. The van der Waals surface area contributed by atoms with E-state index in [0.29, 0.717) is 28.6 Å². The number of ether oxygens (including phenoxy) is 4. The first-order chi connectivity index (χ1) is 9.65. The maximum absolute atomic E-state index is 11.7. The van der Waals surface area contributed by atoms with Gasteiger partial charge in [0.15, 0.2) is 17.3 Å². The van der Waals surface area contributed by atoms with Gasteiger partial charge in [-0.3, -0.25) is 4.79 Å². The second kappa shape index (κ2) is 5.60. The molecule has 0 unspecified atom stereocenters. The Balaban J connectivity index is 2.44. The Morgan fingerprint density at radius 1 is 1.00 bits per heavy atom. The van der Waals surface area contributed by atoms with E-state index in [2.05, 4.69) is 10.3 Å². The molecule has 1 aliphatic heterocycles. The molecular formula is C13H16N2O5. The molecule has 0 atom stereocenters. The zero-order valence-electron chi connectivity index (χ0n) is 11.7. The molecule has 0 radical (unpaired) electrons. The molecule has 7 nitrogen and oxygen atoms in total. The van der Waals surface area contributed by atoms with Gasteiger partial charge in [-0.25, -0.2) is 0 Å². The van der Waals surface area contributed by atoms with Crippen molar-refractivity contribution in [2.75, 3.05) is 28.4 Å². The van der Waals surface area contributed by atoms with Gasteiger partial charge < -0.3 is 29.2 Å². The highest BCUT2D eigenvalue weighted by molar-refractivity contribution is 5.99. The largest absolute Gasteiger partial charge is 0.491 e. The van der Waals surface area contributed by atoms with E-state index in [-0.39, 0.29) is 11.7 Å². The fourth-order valence-corrected chi connectivity index (χ4v) is 1.97. The van der Waals surface area contributed by atoms with Crippen molar-refractivity contribution in [1.29, 1.82) is 0 Å². The van der Waals surface area contributed by atoms with Gasteiger partial charge in [0.25, 0.3) is 5.91 Å². The van der Waals surface area contributed by atoms with Crippen molar-refractivity contribution in [2.24, 2.45) is 0 Å². The van der Waals surface area contributed by atoms with Crippen molar-refractivity contribution in [1.82, 2.24) is 10.3 Å². The van der Waals surface area contributed by atoms with Crippen molar-refractivity contribution < 1.29 is 23.7 Å². The molecule has 0 saturated carbocycles. The third-order valence-electron chi connectivity index (χ3n) is 2.85. The van der Waals surface area contributed by atoms with Crippen LogP contribution in [-0.2, 0) is 14.3 Å². The Bertz CT molecular complexity index is 586. The number of methoxy groups -OCH3 is 4. The van der Waals surface area contributed by atoms with E-state index in [1.165, 1.54) is 21.3 Å². The molecule has 0 aromatic carbocycles. The molecule has 7 heteroatoms. The van der Waals surface area contributed by atoms with Gasteiger partial charge in [0.2, 0.25) is 5.76 Å². The van der Waals surface area contributed by atoms with Crippen molar-refractivity contribution in [3.05, 3.63) is 29.1 Å². The van der Waals surface area contributed by atoms with E-state index in [4.69, 9.17) is 18.9 Å². The maximum Gasteiger partial charge on any atom is 0.294 e. The van der Waals surface area contributed by atoms with Crippen LogP contribution in [0.4, 0.5) is 0 Å². The van der Waals surface area contributed by atoms with Crippen molar-refractivity contribution in [3.63, 3.8) is 0 Å². The molecule has 0 saturated heterocycles. The Hall–Kier alpha value is -2.57. The minimum atomic E-state index is -0.354. The lowest BCUT2D eigenvalue weighted by Gasteiger charge is -2.05. The van der Waals surface area contributed by atoms with Crippen LogP contribution in [0.3, 0.4) is 0 Å². The number of nitrogens with one attached hydrogen (secondary N) is 2. The number of amides is 1. The Morgan fingerprint density at radius 2 is 1.70 bits per heavy atom. The normalized spacial score (nSPS) is 16.4. The van der Waals surface area contributed by atoms with Gasteiger partial charge in [-0.2, -0.15) is 0 Å². The molecule has 0 aliphatic carbocycles. The number of hydrogen-bond acceptors (Lipinski definition) is 5. The van der Waals surface area contributed by atoms with E-state index < -0.39 is 0 Å². The summed E-state index contributed by atoms with van der Waals surface area (Å²) in [5.74, 6) is 1.23. The molecule has 108 valence electrons. The number of rotatable bonds is 5. The van der Waals surface area contributed by atoms with Crippen molar-refractivity contribution >= 4 is 12.0 Å². The van der Waals surface area contributed by atoms with Gasteiger partial charge in [-0.15, -0.1) is 0 Å². The Morgan fingerprint density at radius 3 is 2.25 bits per heavy atom. The Labute approximate surface area is 116 Å². The molecule has 1 amide bonds. The summed E-state index contributed by atoms with van der Waals surface area (Å²) >= 11 is 0. The first-order valence-corrected chi connectivity index (χ1v) is 5.81. The summed E-state index contributed by atoms with van der Waals surface area (Å²) in [4.78, 5) is 14.7. The van der Waals surface area contributed by atoms with E-state index in [1.807, 2.05) is 0 Å². The summed E-state index contributed by atoms with van der Waals surface area (Å²) < 4.78 is 20.6. The van der Waals surface area contributed by atoms with Crippen LogP contribution in [0, 0.1) is 0 Å². The first kappa shape index (κ1) is 13.9. The zero-order chi connectivity index (χ0) is 14.7. The number of carbonyl (C=O) groups excluding carboxylic acids is 1. The van der Waals surface area contributed by atoms with Crippen LogP contribution >= 0.6 is 0 Å². The summed E-state index contributed by atoms with van der Waals surface area (Å²) in [5, 5.41) is 2.66. The van der Waals surface area contributed by atoms with E-state index in [9.17, 15) is 4.79 Å². The van der Waals surface area contributed by atoms with E-state index in [1.54, 1.807) is 19.4 Å². The topological polar surface area (TPSA) is 81.8 Å². The van der Waals surface area contributed by atoms with Crippen LogP contribution in [0.2, 0.25) is 0 Å². The highest BCUT2D eigenvalue weighted by atomic mass is 16.5. The highest BCUT2D eigenvalue weighted by Gasteiger charge is 2.30. The second-order valence-corrected chi connectivity index (χ2v) is 3.88. The molecule has 2 rings (SSSR count). The number of H-pyrrole nitrogens is 1. The lowest BCUT2D eigenvalue weighted by Crippen LogP contribution is -2.17. The molecule has 0 bridgehead atoms. The van der Waals surface area contributed by atoms with Gasteiger partial charge >= 0.3 is 0 Å². The standard InChI is InChI=1S/C13H16N2O5/c1-17-9-6-14-7(10(9)18-2)5-8-11(19-3)12(20-4)13(16)15-8/h5-6,14H,1-4H3,(H,15,16)/b8-5-. The van der Waals surface area contributed by atoms with Gasteiger partial charge in [-0.1, -0.05) is 0 Å². The van der Waals surface area contributed by atoms with Gasteiger partial charge in [0.1, 0.15) is 0 Å². The molecule has 2 heterocycles. The van der Waals surface area contributed by atoms with Crippen LogP contribution in [0.15, 0.2) is 23.4 Å². The predicted molar refractivity (Wildman–Crippen MR) is 71.1 cm³/mol. The summed E-state index contributed by atoms with van der Waals surface area (Å²) in [5.41, 5.74) is 1.13. The van der Waals surface area contributed by atoms with Crippen LogP contribution < -0.4 is 14.8 Å². The summed E-state index contributed by atoms with van der Waals surface area (Å²) in [6.45, 7) is 0. The third-order valence-corrected chi connectivity index (χ3v) is 2.85. The summed E-state index contributed by atoms with van der Waals surface area (Å²) in [7, 11) is 5.96. The Kier molecular flexibility index (Phi) is 3.88. The molecule has 20 heavy (non-hydrogen) atoms. The third kappa shape index (κ3) is 2.18. The number of aromatic amines is 1. The fraction of sp³-hybridized carbons (Fsp3) is 0.308. The van der Waals surface area contributed by atoms with Crippen LogP contribution in [0.1, 0.15) is 5.69 Å². The average Bonchev–Trinajstić information content (AvgIpc) is 2.98. The van der Waals surface area contributed by atoms with E-state index in [0.717, 1.165) is 0 Å². The van der Waals surface area contributed by atoms with Crippen LogP contribution in [-0.4, -0.2) is 39.3 Å². The molecule has 0 spiro atoms. The van der Waals surface area contributed by atoms with Gasteiger partial charge in [0.05, 0.1) is 39.8 Å². The van der Waals surface area contributed by atoms with Crippen molar-refractivity contribution in [3.8, 4) is 11.5 Å². The molecule has 1 aliphatic rings. The first-order valence-electron chi connectivity index (χ1n) is 5.81. The lowest BCUT2D eigenvalue weighted by atomic mass is 10.3. The predicted octanol–water partition coefficient (Wildman–Crippen LogP) is 1.01. The van der Waals surface area contributed by atoms with Gasteiger partial charge in [0, 0.05) is 6.20 Å². The van der Waals surface area contributed by atoms with E-state index >= 15 is 0 Å². The fourth-order valence-electron chi connectivity index (χ4n) is 1.97. The molecule has 2 N–H and O–H groups in total. The molecule has 0 fully saturated rings. The monoisotopic (exact) mass is 280 g/mol. The zero-order valence-corrected chi connectivity index (χ0v) is 11.7. The molecule has 1 aromatic heterocycles. The summed E-state index contributed by atoms with van der Waals surface area (Å²) in [6.07, 6.45) is 3.35. The van der Waals surface area contributed by atoms with Crippen LogP contribution in [0.25, 0.3) is 6.08 Å². The average molecular weight is 280 g/mol. The number of carbonyl (C=O) groups is 1. The minimum Gasteiger partial charge on any atom is -0.491 e. The molecule has 1 aromatic rings. The van der Waals surface area contributed by atoms with Crippen molar-refractivity contribution in [2.45, 2.75) is 0 Å². The highest BCUT2D eigenvalue weighted by Crippen LogP contribution is 2.33. The number of aromatic nitrogens is 1. The van der Waals surface area contributed by atoms with Gasteiger partial charge in [-0.05, 0) is 6.08 Å². The lowest BCUT2D eigenvalue weighted by molar-refractivity contribution is -0.119. The summed E-state index contributed by atoms with van der Waals surface area (Å²) in [6, 6.07) is 0. The quantitative estimate of drug-likeness (QED) is 0.841. The number of hydrogen-bond donors (Lipinski definition) is 2. The smallest absolute Gasteiger partial charge is 0.294 e. The second-order valence-electron chi connectivity index (χ2n) is 3.88. The van der Waals surface area contributed by atoms with Crippen LogP contribution in [0.5, 0.6) is 11.5 Å². The minimum absolute atomic E-state index is 0.135. The SMILES string of the molecule is COC1=C(OC)/C(=C/c2[nH]cc(OC)c2OC)NC1=O.